The van der Waals surface area contributed by atoms with Gasteiger partial charge in [-0.1, -0.05) is 15.9 Å². The zero-order valence-corrected chi connectivity index (χ0v) is 19.5. The number of nitrogens with zero attached hydrogens (tertiary/aromatic N) is 8. The van der Waals surface area contributed by atoms with Gasteiger partial charge in [0, 0.05) is 11.1 Å². The molecule has 1 aromatic carbocycles. The Morgan fingerprint density at radius 3 is 2.65 bits per heavy atom. The van der Waals surface area contributed by atoms with Crippen molar-refractivity contribution in [3.05, 3.63) is 50.2 Å². The zero-order valence-electron chi connectivity index (χ0n) is 17.9. The van der Waals surface area contributed by atoms with E-state index in [0.717, 1.165) is 17.3 Å². The van der Waals surface area contributed by atoms with E-state index in [1.54, 1.807) is 6.07 Å². The second-order valence-electron chi connectivity index (χ2n) is 8.16. The first-order valence-electron chi connectivity index (χ1n) is 10.6. The number of aryl methyl sites for hydroxylation is 1. The summed E-state index contributed by atoms with van der Waals surface area (Å²) >= 11 is 3.41. The van der Waals surface area contributed by atoms with Crippen molar-refractivity contribution < 1.29 is 4.74 Å². The quantitative estimate of drug-likeness (QED) is 0.327. The van der Waals surface area contributed by atoms with E-state index >= 15 is 0 Å². The highest BCUT2D eigenvalue weighted by atomic mass is 79.9. The number of hydrogen-bond donors (Lipinski definition) is 0. The third-order valence-corrected chi connectivity index (χ3v) is 6.63. The van der Waals surface area contributed by atoms with Gasteiger partial charge in [0.1, 0.15) is 29.1 Å². The minimum Gasteiger partial charge on any atom is -0.376 e. The second kappa shape index (κ2) is 7.55. The van der Waals surface area contributed by atoms with Gasteiger partial charge in [0.15, 0.2) is 22.7 Å². The van der Waals surface area contributed by atoms with Crippen molar-refractivity contribution in [3.8, 4) is 12.1 Å². The van der Waals surface area contributed by atoms with Crippen LogP contribution < -0.4 is 5.56 Å². The predicted octanol–water partition coefficient (Wildman–Crippen LogP) is 3.13. The average Bonchev–Trinajstić information content (AvgIpc) is 3.45. The van der Waals surface area contributed by atoms with Gasteiger partial charge < -0.3 is 9.30 Å². The summed E-state index contributed by atoms with van der Waals surface area (Å²) < 4.78 is 10.3. The summed E-state index contributed by atoms with van der Waals surface area (Å²) in [6.07, 6.45) is 1.81. The number of ether oxygens (including phenoxy) is 1. The highest BCUT2D eigenvalue weighted by Gasteiger charge is 2.26. The van der Waals surface area contributed by atoms with Crippen LogP contribution in [0, 0.1) is 29.6 Å². The molecule has 6 rings (SSSR count). The van der Waals surface area contributed by atoms with Gasteiger partial charge >= 0.3 is 0 Å². The molecule has 1 aliphatic heterocycles. The molecule has 1 unspecified atom stereocenters. The highest BCUT2D eigenvalue weighted by Crippen LogP contribution is 2.32. The molecule has 0 aliphatic carbocycles. The SMILES string of the molecule is Cc1nc2c(c3nc(C#N)c(C#N)nc3n2CC2CCCO2)c2nc(=O)c3cc(Br)ccc3n12. The molecule has 11 heteroatoms. The Bertz CT molecular complexity index is 1820. The molecule has 0 N–H and O–H groups in total. The monoisotopic (exact) mass is 514 g/mol. The number of rotatable bonds is 2. The molecule has 1 saturated heterocycles. The Hall–Kier alpha value is -3.93. The molecule has 0 bridgehead atoms. The molecule has 4 aromatic heterocycles. The van der Waals surface area contributed by atoms with Gasteiger partial charge in [0.2, 0.25) is 0 Å². The van der Waals surface area contributed by atoms with E-state index in [1.165, 1.54) is 0 Å². The first-order valence-corrected chi connectivity index (χ1v) is 11.4. The molecule has 1 fully saturated rings. The van der Waals surface area contributed by atoms with Gasteiger partial charge in [-0.2, -0.15) is 15.5 Å². The van der Waals surface area contributed by atoms with Crippen LogP contribution in [0.3, 0.4) is 0 Å². The molecule has 0 radical (unpaired) electrons. The van der Waals surface area contributed by atoms with Crippen LogP contribution in [0.5, 0.6) is 0 Å². The van der Waals surface area contributed by atoms with Crippen LogP contribution in [0.1, 0.15) is 30.1 Å². The van der Waals surface area contributed by atoms with Crippen LogP contribution in [0.15, 0.2) is 27.5 Å². The maximum absolute atomic E-state index is 13.0. The van der Waals surface area contributed by atoms with E-state index in [9.17, 15) is 15.3 Å². The van der Waals surface area contributed by atoms with E-state index in [4.69, 9.17) is 9.72 Å². The summed E-state index contributed by atoms with van der Waals surface area (Å²) in [5.74, 6) is 0.625. The van der Waals surface area contributed by atoms with Crippen LogP contribution in [-0.4, -0.2) is 41.6 Å². The van der Waals surface area contributed by atoms with Crippen LogP contribution in [-0.2, 0) is 11.3 Å². The molecule has 10 nitrogen and oxygen atoms in total. The molecule has 166 valence electrons. The Balaban J connectivity index is 1.83. The first-order chi connectivity index (χ1) is 16.5. The highest BCUT2D eigenvalue weighted by molar-refractivity contribution is 9.10. The Kier molecular flexibility index (Phi) is 4.59. The number of benzene rings is 1. The van der Waals surface area contributed by atoms with E-state index < -0.39 is 0 Å². The molecule has 0 amide bonds. The fourth-order valence-corrected chi connectivity index (χ4v) is 5.02. The lowest BCUT2D eigenvalue weighted by Gasteiger charge is -2.13. The van der Waals surface area contributed by atoms with Crippen molar-refractivity contribution in [3.63, 3.8) is 0 Å². The van der Waals surface area contributed by atoms with Crippen molar-refractivity contribution in [2.45, 2.75) is 32.4 Å². The van der Waals surface area contributed by atoms with Crippen LogP contribution in [0.2, 0.25) is 0 Å². The minimum absolute atomic E-state index is 0.0378. The van der Waals surface area contributed by atoms with Crippen molar-refractivity contribution in [1.82, 2.24) is 28.9 Å². The topological polar surface area (TPSA) is 135 Å². The Morgan fingerprint density at radius 1 is 1.12 bits per heavy atom. The number of fused-ring (bicyclic) bond motifs is 7. The van der Waals surface area contributed by atoms with E-state index in [1.807, 2.05) is 40.2 Å². The zero-order chi connectivity index (χ0) is 23.6. The third kappa shape index (κ3) is 2.91. The van der Waals surface area contributed by atoms with Crippen LogP contribution in [0.4, 0.5) is 0 Å². The smallest absolute Gasteiger partial charge is 0.281 e. The maximum Gasteiger partial charge on any atom is 0.281 e. The Labute approximate surface area is 200 Å². The van der Waals surface area contributed by atoms with Gasteiger partial charge in [-0.25, -0.2) is 15.0 Å². The molecular weight excluding hydrogens is 500 g/mol. The Morgan fingerprint density at radius 2 is 1.91 bits per heavy atom. The van der Waals surface area contributed by atoms with Gasteiger partial charge in [-0.3, -0.25) is 9.20 Å². The first kappa shape index (κ1) is 20.7. The molecule has 0 spiro atoms. The number of hydrogen-bond acceptors (Lipinski definition) is 8. The fourth-order valence-electron chi connectivity index (χ4n) is 4.66. The van der Waals surface area contributed by atoms with E-state index in [0.29, 0.717) is 57.7 Å². The van der Waals surface area contributed by atoms with Crippen molar-refractivity contribution in [2.24, 2.45) is 0 Å². The summed E-state index contributed by atoms with van der Waals surface area (Å²) in [6, 6.07) is 9.32. The third-order valence-electron chi connectivity index (χ3n) is 6.14. The van der Waals surface area contributed by atoms with Crippen molar-refractivity contribution >= 4 is 54.7 Å². The number of aromatic nitrogens is 6. The summed E-state index contributed by atoms with van der Waals surface area (Å²) in [5, 5.41) is 20.1. The summed E-state index contributed by atoms with van der Waals surface area (Å²) in [5.41, 5.74) is 1.82. The lowest BCUT2D eigenvalue weighted by Crippen LogP contribution is -2.17. The van der Waals surface area contributed by atoms with E-state index in [2.05, 4.69) is 30.9 Å². The number of halogens is 1. The van der Waals surface area contributed by atoms with Gasteiger partial charge in [-0.05, 0) is 38.0 Å². The van der Waals surface area contributed by atoms with Gasteiger partial charge in [-0.15, -0.1) is 0 Å². The standard InChI is InChI=1S/C23H15BrN8O2/c1-11-27-20-18(21-30-23(33)14-7-12(24)4-5-17(14)32(11)21)19-22(29-16(9-26)15(8-25)28-19)31(20)10-13-3-2-6-34-13/h4-5,7,13H,2-3,6,10H2,1H3. The van der Waals surface area contributed by atoms with Gasteiger partial charge in [0.05, 0.1) is 28.9 Å². The normalized spacial score (nSPS) is 15.9. The summed E-state index contributed by atoms with van der Waals surface area (Å²) in [4.78, 5) is 31.3. The molecule has 0 saturated carbocycles. The summed E-state index contributed by atoms with van der Waals surface area (Å²) in [7, 11) is 0. The predicted molar refractivity (Wildman–Crippen MR) is 126 cm³/mol. The molecule has 34 heavy (non-hydrogen) atoms. The minimum atomic E-state index is -0.384. The number of nitriles is 2. The molecular formula is C23H15BrN8O2. The van der Waals surface area contributed by atoms with Gasteiger partial charge in [0.25, 0.3) is 5.56 Å². The maximum atomic E-state index is 13.0. The molecule has 1 aliphatic rings. The fraction of sp³-hybridized carbons (Fsp3) is 0.261. The van der Waals surface area contributed by atoms with Crippen molar-refractivity contribution in [2.75, 3.05) is 6.61 Å². The van der Waals surface area contributed by atoms with Crippen molar-refractivity contribution in [1.29, 1.82) is 10.5 Å². The lowest BCUT2D eigenvalue weighted by molar-refractivity contribution is 0.0986. The molecule has 5 heterocycles. The second-order valence-corrected chi connectivity index (χ2v) is 9.07. The average molecular weight is 515 g/mol. The summed E-state index contributed by atoms with van der Waals surface area (Å²) in [6.45, 7) is 2.98. The van der Waals surface area contributed by atoms with E-state index in [-0.39, 0.29) is 23.1 Å². The molecule has 5 aromatic rings. The van der Waals surface area contributed by atoms with Crippen LogP contribution in [0.25, 0.3) is 38.7 Å². The lowest BCUT2D eigenvalue weighted by atomic mass is 10.2. The van der Waals surface area contributed by atoms with Crippen LogP contribution >= 0.6 is 15.9 Å². The largest absolute Gasteiger partial charge is 0.376 e. The molecule has 1 atom stereocenters.